The smallest absolute Gasteiger partial charge is 0.591 e. The molecule has 0 radical (unpaired) electrons. The molecule has 0 N–H and O–H groups in total. The molecule has 0 fully saturated rings. The van der Waals surface area contributed by atoms with E-state index in [-0.39, 0.29) is 0 Å². The van der Waals surface area contributed by atoms with Gasteiger partial charge in [-0.3, -0.25) is 0 Å². The molecule has 1 aromatic heterocycles. The molecule has 0 spiro atoms. The first-order chi connectivity index (χ1) is 10.3. The molecule has 0 atom stereocenters. The van der Waals surface area contributed by atoms with E-state index < -0.39 is 6.69 Å². The number of aryl methyl sites for hydroxylation is 1. The van der Waals surface area contributed by atoms with Gasteiger partial charge in [0, 0.05) is 0 Å². The lowest BCUT2D eigenvalue weighted by Crippen LogP contribution is -2.77. The summed E-state index contributed by atoms with van der Waals surface area (Å²) in [7, 11) is 1.98. The molecule has 21 heavy (non-hydrogen) atoms. The number of aromatic nitrogens is 2. The molecule has 0 unspecified atom stereocenters. The molecule has 0 aliphatic carbocycles. The summed E-state index contributed by atoms with van der Waals surface area (Å²) in [5.74, 6) is 1.55. The van der Waals surface area contributed by atoms with Crippen LogP contribution in [0, 0.1) is 0 Å². The molecule has 2 aromatic carbocycles. The van der Waals surface area contributed by atoms with E-state index in [1.54, 1.807) is 0 Å². The highest BCUT2D eigenvalue weighted by atomic mass is 16.7. The number of rotatable bonds is 2. The highest BCUT2D eigenvalue weighted by Crippen LogP contribution is 2.35. The number of benzene rings is 2. The Morgan fingerprint density at radius 1 is 0.905 bits per heavy atom. The zero-order valence-corrected chi connectivity index (χ0v) is 11.7. The lowest BCUT2D eigenvalue weighted by molar-refractivity contribution is -0.565. The Morgan fingerprint density at radius 3 is 2.10 bits per heavy atom. The van der Waals surface area contributed by atoms with Gasteiger partial charge in [-0.1, -0.05) is 47.9 Å². The van der Waals surface area contributed by atoms with Crippen LogP contribution in [0.15, 0.2) is 73.3 Å². The fourth-order valence-corrected chi connectivity index (χ4v) is 2.81. The largest absolute Gasteiger partial charge is 0.639 e. The molecular formula is C16H15BN2O2. The van der Waals surface area contributed by atoms with E-state index in [0.717, 1.165) is 17.0 Å². The first kappa shape index (κ1) is 12.1. The highest BCUT2D eigenvalue weighted by Gasteiger charge is 2.47. The second-order valence-electron chi connectivity index (χ2n) is 5.29. The van der Waals surface area contributed by atoms with Crippen molar-refractivity contribution in [3.63, 3.8) is 0 Å². The van der Waals surface area contributed by atoms with E-state index in [9.17, 15) is 0 Å². The van der Waals surface area contributed by atoms with E-state index in [2.05, 4.69) is 0 Å². The maximum Gasteiger partial charge on any atom is 0.591 e. The second-order valence-corrected chi connectivity index (χ2v) is 5.29. The van der Waals surface area contributed by atoms with Gasteiger partial charge < -0.3 is 13.8 Å². The summed E-state index contributed by atoms with van der Waals surface area (Å²) in [4.78, 5) is 0. The SMILES string of the molecule is Cn1cc[n+]([B-]2(c3ccccc3)Oc3ccccc3O2)c1. The molecule has 0 saturated heterocycles. The minimum absolute atomic E-state index is 0.776. The maximum absolute atomic E-state index is 6.27. The minimum atomic E-state index is -1.79. The van der Waals surface area contributed by atoms with Crippen LogP contribution in [0.1, 0.15) is 0 Å². The van der Waals surface area contributed by atoms with Crippen LogP contribution in [0.2, 0.25) is 0 Å². The molecule has 2 heterocycles. The summed E-state index contributed by atoms with van der Waals surface area (Å²) in [6, 6.07) is 17.8. The van der Waals surface area contributed by atoms with Crippen LogP contribution in [-0.2, 0) is 7.05 Å². The summed E-state index contributed by atoms with van der Waals surface area (Å²) >= 11 is 0. The van der Waals surface area contributed by atoms with Crippen LogP contribution in [0.3, 0.4) is 0 Å². The Balaban J connectivity index is 1.90. The zero-order chi connectivity index (χ0) is 14.3. The molecule has 0 saturated carbocycles. The maximum atomic E-state index is 6.27. The third-order valence-corrected chi connectivity index (χ3v) is 3.83. The van der Waals surface area contributed by atoms with Crippen molar-refractivity contribution in [3.05, 3.63) is 73.3 Å². The fraction of sp³-hybridized carbons (Fsp3) is 0.0625. The Labute approximate surface area is 123 Å². The Kier molecular flexibility index (Phi) is 2.54. The van der Waals surface area contributed by atoms with Crippen molar-refractivity contribution in [1.82, 2.24) is 4.57 Å². The number of hydrogen-bond acceptors (Lipinski definition) is 2. The van der Waals surface area contributed by atoms with E-state index in [1.807, 2.05) is 89.4 Å². The molecule has 4 rings (SSSR count). The molecule has 1 aliphatic heterocycles. The fourth-order valence-electron chi connectivity index (χ4n) is 2.81. The quantitative estimate of drug-likeness (QED) is 0.664. The van der Waals surface area contributed by atoms with E-state index in [0.29, 0.717) is 0 Å². The molecule has 104 valence electrons. The topological polar surface area (TPSA) is 27.3 Å². The average Bonchev–Trinajstić information content (AvgIpc) is 3.12. The lowest BCUT2D eigenvalue weighted by Gasteiger charge is -2.31. The molecule has 4 nitrogen and oxygen atoms in total. The van der Waals surface area contributed by atoms with E-state index in [4.69, 9.17) is 9.31 Å². The monoisotopic (exact) mass is 278 g/mol. The van der Waals surface area contributed by atoms with Gasteiger partial charge in [0.05, 0.1) is 13.2 Å². The number of para-hydroxylation sites is 2. The molecular weight excluding hydrogens is 263 g/mol. The average molecular weight is 278 g/mol. The predicted octanol–water partition coefficient (Wildman–Crippen LogP) is 1.48. The Bertz CT molecular complexity index is 761. The van der Waals surface area contributed by atoms with Gasteiger partial charge in [0.1, 0.15) is 17.7 Å². The third kappa shape index (κ3) is 1.81. The molecule has 0 bridgehead atoms. The minimum Gasteiger partial charge on any atom is -0.639 e. The first-order valence-electron chi connectivity index (χ1n) is 6.98. The van der Waals surface area contributed by atoms with Gasteiger partial charge in [0.25, 0.3) is 0 Å². The molecule has 1 aliphatic rings. The van der Waals surface area contributed by atoms with Crippen molar-refractivity contribution in [2.45, 2.75) is 0 Å². The van der Waals surface area contributed by atoms with Crippen LogP contribution in [-0.4, -0.2) is 11.3 Å². The summed E-state index contributed by atoms with van der Waals surface area (Å²) in [6.45, 7) is -1.79. The number of nitrogens with zero attached hydrogens (tertiary/aromatic N) is 2. The Morgan fingerprint density at radius 2 is 1.52 bits per heavy atom. The van der Waals surface area contributed by atoms with Crippen molar-refractivity contribution < 1.29 is 13.8 Å². The van der Waals surface area contributed by atoms with Crippen molar-refractivity contribution in [2.24, 2.45) is 7.05 Å². The normalized spacial score (nSPS) is 15.1. The summed E-state index contributed by atoms with van der Waals surface area (Å²) in [5, 5.41) is 0. The third-order valence-electron chi connectivity index (χ3n) is 3.83. The molecule has 3 aromatic rings. The van der Waals surface area contributed by atoms with Crippen LogP contribution in [0.5, 0.6) is 11.5 Å². The van der Waals surface area contributed by atoms with Gasteiger partial charge in [-0.2, -0.15) is 0 Å². The van der Waals surface area contributed by atoms with Gasteiger partial charge in [-0.15, -0.1) is 0 Å². The van der Waals surface area contributed by atoms with Gasteiger partial charge in [0.2, 0.25) is 6.33 Å². The lowest BCUT2D eigenvalue weighted by atomic mass is 9.63. The zero-order valence-electron chi connectivity index (χ0n) is 11.7. The number of fused-ring (bicyclic) bond motifs is 1. The standard InChI is InChI=1S/C16H15BN2O2/c1-18-11-12-19(13-18)17(14-7-3-2-4-8-14)20-15-9-5-6-10-16(15)21-17/h2-13H,1H3. The van der Waals surface area contributed by atoms with Gasteiger partial charge in [0.15, 0.2) is 0 Å². The van der Waals surface area contributed by atoms with Crippen LogP contribution in [0.4, 0.5) is 0 Å². The second kappa shape index (κ2) is 4.41. The summed E-state index contributed by atoms with van der Waals surface area (Å²) in [6.07, 6.45) is 5.92. The van der Waals surface area contributed by atoms with E-state index in [1.165, 1.54) is 0 Å². The predicted molar refractivity (Wildman–Crippen MR) is 80.5 cm³/mol. The van der Waals surface area contributed by atoms with Crippen molar-refractivity contribution in [3.8, 4) is 11.5 Å². The number of imidazole rings is 1. The highest BCUT2D eigenvalue weighted by molar-refractivity contribution is 6.75. The van der Waals surface area contributed by atoms with Crippen molar-refractivity contribution in [1.29, 1.82) is 0 Å². The number of hydrogen-bond donors (Lipinski definition) is 0. The van der Waals surface area contributed by atoms with Crippen LogP contribution >= 0.6 is 0 Å². The van der Waals surface area contributed by atoms with Crippen LogP contribution < -0.4 is 19.2 Å². The summed E-state index contributed by atoms with van der Waals surface area (Å²) in [5.41, 5.74) is 1.00. The summed E-state index contributed by atoms with van der Waals surface area (Å²) < 4.78 is 16.5. The van der Waals surface area contributed by atoms with E-state index >= 15 is 0 Å². The Hall–Kier alpha value is -2.69. The molecule has 0 amide bonds. The van der Waals surface area contributed by atoms with Gasteiger partial charge in [-0.05, 0) is 12.1 Å². The van der Waals surface area contributed by atoms with Crippen LogP contribution in [0.25, 0.3) is 0 Å². The van der Waals surface area contributed by atoms with Gasteiger partial charge in [-0.25, -0.2) is 4.57 Å². The van der Waals surface area contributed by atoms with Crippen molar-refractivity contribution in [2.75, 3.05) is 0 Å². The molecule has 5 heteroatoms. The van der Waals surface area contributed by atoms with Gasteiger partial charge >= 0.3 is 6.69 Å². The first-order valence-corrected chi connectivity index (χ1v) is 6.98. The van der Waals surface area contributed by atoms with Crippen molar-refractivity contribution >= 4 is 12.1 Å².